The van der Waals surface area contributed by atoms with E-state index < -0.39 is 0 Å². The van der Waals surface area contributed by atoms with E-state index in [1.54, 1.807) is 14.2 Å². The number of anilines is 1. The van der Waals surface area contributed by atoms with Crippen molar-refractivity contribution in [1.29, 1.82) is 0 Å². The molecule has 3 rings (SSSR count). The number of hydrogen-bond donors (Lipinski definition) is 0. The highest BCUT2D eigenvalue weighted by molar-refractivity contribution is 5.33. The van der Waals surface area contributed by atoms with Crippen LogP contribution in [0.15, 0.2) is 24.4 Å². The summed E-state index contributed by atoms with van der Waals surface area (Å²) in [5.41, 5.74) is 1.13. The largest absolute Gasteiger partial charge is 0.467 e. The van der Waals surface area contributed by atoms with E-state index in [0.29, 0.717) is 11.9 Å². The molecule has 0 bridgehead atoms. The predicted molar refractivity (Wildman–Crippen MR) is 85.8 cm³/mol. The van der Waals surface area contributed by atoms with Gasteiger partial charge in [-0.15, -0.1) is 4.98 Å². The highest BCUT2D eigenvalue weighted by atomic mass is 16.5. The van der Waals surface area contributed by atoms with Gasteiger partial charge in [0.1, 0.15) is 0 Å². The number of ether oxygens (including phenoxy) is 2. The Kier molecular flexibility index (Phi) is 4.85. The molecule has 0 amide bonds. The maximum absolute atomic E-state index is 5.13. The standard InChI is InChI=1S/C16H21N5O2/c1-22-15-18-14(19-16(20-15)23-2)21-9-5-6-12(11-21)10-13-7-3-4-8-17-13/h3-4,7-8,12H,5-6,9-11H2,1-2H3/t12-/m1/s1. The van der Waals surface area contributed by atoms with Gasteiger partial charge in [-0.25, -0.2) is 0 Å². The first-order valence-electron chi connectivity index (χ1n) is 7.77. The second-order valence-corrected chi connectivity index (χ2v) is 5.59. The Labute approximate surface area is 135 Å². The Hall–Kier alpha value is -2.44. The highest BCUT2D eigenvalue weighted by Crippen LogP contribution is 2.24. The normalized spacial score (nSPS) is 17.8. The third kappa shape index (κ3) is 3.85. The first-order chi connectivity index (χ1) is 11.3. The van der Waals surface area contributed by atoms with Crippen molar-refractivity contribution in [2.75, 3.05) is 32.2 Å². The van der Waals surface area contributed by atoms with Crippen LogP contribution in [0.4, 0.5) is 5.95 Å². The molecule has 1 aliphatic heterocycles. The van der Waals surface area contributed by atoms with Crippen LogP contribution in [0, 0.1) is 5.92 Å². The van der Waals surface area contributed by atoms with Crippen LogP contribution in [-0.4, -0.2) is 47.2 Å². The fraction of sp³-hybridized carbons (Fsp3) is 0.500. The zero-order chi connectivity index (χ0) is 16.1. The van der Waals surface area contributed by atoms with Gasteiger partial charge in [0.2, 0.25) is 5.95 Å². The maximum Gasteiger partial charge on any atom is 0.324 e. The van der Waals surface area contributed by atoms with E-state index in [4.69, 9.17) is 9.47 Å². The molecular weight excluding hydrogens is 294 g/mol. The van der Waals surface area contributed by atoms with Crippen LogP contribution in [0.2, 0.25) is 0 Å². The van der Waals surface area contributed by atoms with Gasteiger partial charge in [0.25, 0.3) is 0 Å². The zero-order valence-electron chi connectivity index (χ0n) is 13.5. The third-order valence-corrected chi connectivity index (χ3v) is 3.97. The summed E-state index contributed by atoms with van der Waals surface area (Å²) in [4.78, 5) is 19.3. The minimum Gasteiger partial charge on any atom is -0.467 e. The number of pyridine rings is 1. The van der Waals surface area contributed by atoms with Crippen molar-refractivity contribution in [3.05, 3.63) is 30.1 Å². The minimum absolute atomic E-state index is 0.277. The number of methoxy groups -OCH3 is 2. The molecule has 7 nitrogen and oxygen atoms in total. The Morgan fingerprint density at radius 3 is 2.57 bits per heavy atom. The molecule has 0 spiro atoms. The van der Waals surface area contributed by atoms with E-state index >= 15 is 0 Å². The molecule has 1 fully saturated rings. The van der Waals surface area contributed by atoms with Gasteiger partial charge >= 0.3 is 12.0 Å². The molecule has 0 aromatic carbocycles. The molecule has 1 atom stereocenters. The average Bonchev–Trinajstić information content (AvgIpc) is 2.62. The van der Waals surface area contributed by atoms with Crippen LogP contribution < -0.4 is 14.4 Å². The lowest BCUT2D eigenvalue weighted by Gasteiger charge is -2.32. The van der Waals surface area contributed by atoms with Gasteiger partial charge in [0.05, 0.1) is 14.2 Å². The molecule has 1 aliphatic rings. The molecule has 0 unspecified atom stereocenters. The number of hydrogen-bond acceptors (Lipinski definition) is 7. The quantitative estimate of drug-likeness (QED) is 0.832. The van der Waals surface area contributed by atoms with Crippen LogP contribution in [0.25, 0.3) is 0 Å². The maximum atomic E-state index is 5.13. The lowest BCUT2D eigenvalue weighted by atomic mass is 9.93. The van der Waals surface area contributed by atoms with Crippen molar-refractivity contribution in [3.8, 4) is 12.0 Å². The summed E-state index contributed by atoms with van der Waals surface area (Å²) in [5, 5.41) is 0. The lowest BCUT2D eigenvalue weighted by Crippen LogP contribution is -2.37. The van der Waals surface area contributed by atoms with Gasteiger partial charge in [0.15, 0.2) is 0 Å². The highest BCUT2D eigenvalue weighted by Gasteiger charge is 2.23. The summed E-state index contributed by atoms with van der Waals surface area (Å²) < 4.78 is 10.3. The van der Waals surface area contributed by atoms with Gasteiger partial charge in [0, 0.05) is 25.0 Å². The Morgan fingerprint density at radius 1 is 1.13 bits per heavy atom. The van der Waals surface area contributed by atoms with Gasteiger partial charge < -0.3 is 14.4 Å². The molecule has 23 heavy (non-hydrogen) atoms. The SMILES string of the molecule is COc1nc(OC)nc(N2CCC[C@H](Cc3ccccn3)C2)n1. The van der Waals surface area contributed by atoms with Crippen LogP contribution in [0.3, 0.4) is 0 Å². The van der Waals surface area contributed by atoms with E-state index in [-0.39, 0.29) is 12.0 Å². The fourth-order valence-corrected chi connectivity index (χ4v) is 2.88. The van der Waals surface area contributed by atoms with Crippen LogP contribution in [-0.2, 0) is 6.42 Å². The molecule has 2 aromatic rings. The number of piperidine rings is 1. The molecular formula is C16H21N5O2. The molecule has 7 heteroatoms. The second-order valence-electron chi connectivity index (χ2n) is 5.59. The van der Waals surface area contributed by atoms with Gasteiger partial charge in [-0.3, -0.25) is 4.98 Å². The van der Waals surface area contributed by atoms with Gasteiger partial charge in [-0.1, -0.05) is 6.07 Å². The van der Waals surface area contributed by atoms with E-state index in [1.165, 1.54) is 6.42 Å². The summed E-state index contributed by atoms with van der Waals surface area (Å²) in [5.74, 6) is 1.15. The summed E-state index contributed by atoms with van der Waals surface area (Å²) in [6.45, 7) is 1.82. The van der Waals surface area contributed by atoms with E-state index in [9.17, 15) is 0 Å². The summed E-state index contributed by atoms with van der Waals surface area (Å²) in [7, 11) is 3.08. The van der Waals surface area contributed by atoms with Crippen molar-refractivity contribution in [1.82, 2.24) is 19.9 Å². The van der Waals surface area contributed by atoms with E-state index in [1.807, 2.05) is 18.3 Å². The van der Waals surface area contributed by atoms with E-state index in [2.05, 4.69) is 30.9 Å². The number of nitrogens with zero attached hydrogens (tertiary/aromatic N) is 5. The first-order valence-corrected chi connectivity index (χ1v) is 7.77. The van der Waals surface area contributed by atoms with E-state index in [0.717, 1.165) is 31.6 Å². The third-order valence-electron chi connectivity index (χ3n) is 3.97. The second kappa shape index (κ2) is 7.21. The van der Waals surface area contributed by atoms with Crippen molar-refractivity contribution in [3.63, 3.8) is 0 Å². The summed E-state index contributed by atoms with van der Waals surface area (Å²) in [6, 6.07) is 6.61. The molecule has 3 heterocycles. The van der Waals surface area contributed by atoms with Crippen LogP contribution in [0.1, 0.15) is 18.5 Å². The van der Waals surface area contributed by atoms with Gasteiger partial charge in [-0.2, -0.15) is 9.97 Å². The molecule has 2 aromatic heterocycles. The topological polar surface area (TPSA) is 73.3 Å². The summed E-state index contributed by atoms with van der Waals surface area (Å²) >= 11 is 0. The smallest absolute Gasteiger partial charge is 0.324 e. The lowest BCUT2D eigenvalue weighted by molar-refractivity contribution is 0.336. The van der Waals surface area contributed by atoms with Crippen LogP contribution >= 0.6 is 0 Å². The van der Waals surface area contributed by atoms with Gasteiger partial charge in [-0.05, 0) is 37.3 Å². The molecule has 0 radical (unpaired) electrons. The zero-order valence-corrected chi connectivity index (χ0v) is 13.5. The van der Waals surface area contributed by atoms with Crippen molar-refractivity contribution in [2.24, 2.45) is 5.92 Å². The Morgan fingerprint density at radius 2 is 1.91 bits per heavy atom. The molecule has 0 aliphatic carbocycles. The Balaban J connectivity index is 1.73. The van der Waals surface area contributed by atoms with Crippen molar-refractivity contribution >= 4 is 5.95 Å². The molecule has 1 saturated heterocycles. The average molecular weight is 315 g/mol. The van der Waals surface area contributed by atoms with Crippen molar-refractivity contribution < 1.29 is 9.47 Å². The number of rotatable bonds is 5. The first kappa shape index (κ1) is 15.5. The van der Waals surface area contributed by atoms with Crippen LogP contribution in [0.5, 0.6) is 12.0 Å². The predicted octanol–water partition coefficient (Wildman–Crippen LogP) is 1.74. The molecule has 0 N–H and O–H groups in total. The minimum atomic E-state index is 0.277. The molecule has 122 valence electrons. The monoisotopic (exact) mass is 315 g/mol. The Bertz CT molecular complexity index is 615. The number of aromatic nitrogens is 4. The fourth-order valence-electron chi connectivity index (χ4n) is 2.88. The van der Waals surface area contributed by atoms with Crippen molar-refractivity contribution in [2.45, 2.75) is 19.3 Å². The summed E-state index contributed by atoms with van der Waals surface area (Å²) in [6.07, 6.45) is 5.11. The molecule has 0 saturated carbocycles.